The van der Waals surface area contributed by atoms with Crippen molar-refractivity contribution in [2.75, 3.05) is 20.0 Å². The van der Waals surface area contributed by atoms with Crippen LogP contribution in [0.5, 0.6) is 0 Å². The molecule has 0 saturated heterocycles. The minimum atomic E-state index is -0.545. The molecule has 1 aliphatic carbocycles. The Morgan fingerprint density at radius 2 is 1.62 bits per heavy atom. The number of nitrogens with zero attached hydrogens (tertiary/aromatic N) is 2. The normalized spacial score (nSPS) is 13.6. The van der Waals surface area contributed by atoms with Gasteiger partial charge in [0, 0.05) is 11.8 Å². The van der Waals surface area contributed by atoms with Gasteiger partial charge in [-0.2, -0.15) is 0 Å². The second-order valence-corrected chi connectivity index (χ2v) is 8.85. The highest BCUT2D eigenvalue weighted by Gasteiger charge is 2.27. The summed E-state index contributed by atoms with van der Waals surface area (Å²) in [5.74, 6) is -1.10. The number of benzene rings is 2. The molecule has 0 bridgehead atoms. The summed E-state index contributed by atoms with van der Waals surface area (Å²) in [6.07, 6.45) is 4.45. The molecule has 4 N–H and O–H groups in total. The van der Waals surface area contributed by atoms with Gasteiger partial charge in [-0.25, -0.2) is 19.6 Å². The van der Waals surface area contributed by atoms with Gasteiger partial charge in [0.2, 0.25) is 0 Å². The van der Waals surface area contributed by atoms with Crippen LogP contribution in [-0.2, 0) is 15.9 Å². The SMILES string of the molecule is COC(=O)c1ccc(C(=O)Cl)cc1.COC(=O)c1ccc2c(c1)CC[C@@H]2NC(=O)c1ncnc2c(N)c[nH]c12. The van der Waals surface area contributed by atoms with Crippen molar-refractivity contribution in [1.29, 1.82) is 0 Å². The molecule has 200 valence electrons. The maximum absolute atomic E-state index is 12.7. The van der Waals surface area contributed by atoms with E-state index in [-0.39, 0.29) is 23.6 Å². The fraction of sp³-hybridized carbons (Fsp3) is 0.185. The fourth-order valence-electron chi connectivity index (χ4n) is 4.23. The first-order valence-corrected chi connectivity index (χ1v) is 12.1. The number of nitrogen functional groups attached to an aromatic ring is 1. The molecular formula is C27H24ClN5O6. The van der Waals surface area contributed by atoms with Crippen molar-refractivity contribution in [3.63, 3.8) is 0 Å². The Morgan fingerprint density at radius 3 is 2.28 bits per heavy atom. The van der Waals surface area contributed by atoms with E-state index < -0.39 is 11.2 Å². The van der Waals surface area contributed by atoms with Crippen molar-refractivity contribution in [2.45, 2.75) is 18.9 Å². The highest BCUT2D eigenvalue weighted by atomic mass is 35.5. The molecule has 11 nitrogen and oxygen atoms in total. The first-order valence-electron chi connectivity index (χ1n) is 11.7. The number of esters is 2. The van der Waals surface area contributed by atoms with Crippen LogP contribution in [0, 0.1) is 0 Å². The number of aromatic amines is 1. The molecule has 1 aliphatic rings. The average Bonchev–Trinajstić information content (AvgIpc) is 3.55. The second-order valence-electron chi connectivity index (χ2n) is 8.50. The van der Waals surface area contributed by atoms with E-state index in [4.69, 9.17) is 22.1 Å². The van der Waals surface area contributed by atoms with E-state index in [2.05, 4.69) is 25.0 Å². The minimum Gasteiger partial charge on any atom is -0.465 e. The van der Waals surface area contributed by atoms with Crippen molar-refractivity contribution < 1.29 is 28.7 Å². The number of ether oxygens (including phenoxy) is 2. The standard InChI is InChI=1S/C18H17N5O3.C9H7ClO3/c1-26-18(25)10-2-4-11-9(6-10)3-5-13(11)23-17(24)16-15-14(21-8-22-16)12(19)7-20-15;1-13-9(12)7-4-2-6(3-5-7)8(10)11/h2,4,6-8,13,20H,3,5,19H2,1H3,(H,23,24);2-5H,1H3/t13-;/m0./s1. The molecule has 2 aromatic heterocycles. The molecule has 0 fully saturated rings. The van der Waals surface area contributed by atoms with Gasteiger partial charge < -0.3 is 25.5 Å². The number of aryl methyl sites for hydroxylation is 1. The Labute approximate surface area is 227 Å². The highest BCUT2D eigenvalue weighted by molar-refractivity contribution is 6.67. The number of anilines is 1. The lowest BCUT2D eigenvalue weighted by Gasteiger charge is -2.14. The smallest absolute Gasteiger partial charge is 0.337 e. The lowest BCUT2D eigenvalue weighted by Crippen LogP contribution is -2.28. The molecule has 12 heteroatoms. The zero-order valence-electron chi connectivity index (χ0n) is 21.0. The number of carbonyl (C=O) groups excluding carboxylic acids is 4. The van der Waals surface area contributed by atoms with Gasteiger partial charge in [-0.15, -0.1) is 0 Å². The number of aromatic nitrogens is 3. The van der Waals surface area contributed by atoms with Gasteiger partial charge in [0.25, 0.3) is 11.1 Å². The Balaban J connectivity index is 0.000000229. The quantitative estimate of drug-likeness (QED) is 0.249. The van der Waals surface area contributed by atoms with E-state index in [1.807, 2.05) is 12.1 Å². The number of methoxy groups -OCH3 is 2. The van der Waals surface area contributed by atoms with Gasteiger partial charge in [0.15, 0.2) is 5.69 Å². The number of amides is 1. The Kier molecular flexibility index (Phi) is 8.21. The first-order chi connectivity index (χ1) is 18.7. The number of carbonyl (C=O) groups is 4. The summed E-state index contributed by atoms with van der Waals surface area (Å²) in [6.45, 7) is 0. The van der Waals surface area contributed by atoms with Crippen LogP contribution in [0.3, 0.4) is 0 Å². The predicted molar refractivity (Wildman–Crippen MR) is 143 cm³/mol. The monoisotopic (exact) mass is 549 g/mol. The van der Waals surface area contributed by atoms with Gasteiger partial charge in [0.1, 0.15) is 11.8 Å². The molecular weight excluding hydrogens is 526 g/mol. The number of hydrogen-bond donors (Lipinski definition) is 3. The number of H-pyrrole nitrogens is 1. The van der Waals surface area contributed by atoms with Crippen molar-refractivity contribution in [1.82, 2.24) is 20.3 Å². The zero-order valence-corrected chi connectivity index (χ0v) is 21.7. The van der Waals surface area contributed by atoms with Crippen molar-refractivity contribution in [3.8, 4) is 0 Å². The van der Waals surface area contributed by atoms with E-state index in [9.17, 15) is 19.2 Å². The number of rotatable bonds is 5. The van der Waals surface area contributed by atoms with Crippen LogP contribution < -0.4 is 11.1 Å². The molecule has 0 aliphatic heterocycles. The van der Waals surface area contributed by atoms with Crippen LogP contribution in [0.2, 0.25) is 0 Å². The second kappa shape index (κ2) is 11.7. The first kappa shape index (κ1) is 27.3. The number of nitrogens with two attached hydrogens (primary N) is 1. The maximum atomic E-state index is 12.7. The number of nitrogens with one attached hydrogen (secondary N) is 2. The van der Waals surface area contributed by atoms with E-state index in [1.54, 1.807) is 12.3 Å². The van der Waals surface area contributed by atoms with Gasteiger partial charge >= 0.3 is 11.9 Å². The van der Waals surface area contributed by atoms with Gasteiger partial charge in [-0.1, -0.05) is 6.07 Å². The largest absolute Gasteiger partial charge is 0.465 e. The molecule has 0 spiro atoms. The molecule has 4 aromatic rings. The Morgan fingerprint density at radius 1 is 0.974 bits per heavy atom. The summed E-state index contributed by atoms with van der Waals surface area (Å²) in [7, 11) is 2.65. The third kappa shape index (κ3) is 5.88. The predicted octanol–water partition coefficient (Wildman–Crippen LogP) is 3.60. The van der Waals surface area contributed by atoms with E-state index in [0.717, 1.165) is 24.0 Å². The molecule has 1 amide bonds. The topological polar surface area (TPSA) is 166 Å². The summed E-state index contributed by atoms with van der Waals surface area (Å²) in [5, 5.41) is 2.46. The van der Waals surface area contributed by atoms with Gasteiger partial charge in [-0.3, -0.25) is 9.59 Å². The summed E-state index contributed by atoms with van der Waals surface area (Å²) >= 11 is 5.21. The lowest BCUT2D eigenvalue weighted by atomic mass is 10.0. The zero-order chi connectivity index (χ0) is 28.1. The van der Waals surface area contributed by atoms with Crippen LogP contribution in [0.1, 0.15) is 65.2 Å². The minimum absolute atomic E-state index is 0.137. The Bertz CT molecular complexity index is 1570. The molecule has 2 aromatic carbocycles. The summed E-state index contributed by atoms with van der Waals surface area (Å²) in [6, 6.07) is 11.2. The van der Waals surface area contributed by atoms with Gasteiger partial charge in [0.05, 0.1) is 42.6 Å². The summed E-state index contributed by atoms with van der Waals surface area (Å²) in [4.78, 5) is 57.1. The fourth-order valence-corrected chi connectivity index (χ4v) is 4.35. The third-order valence-corrected chi connectivity index (χ3v) is 6.41. The molecule has 1 atom stereocenters. The maximum Gasteiger partial charge on any atom is 0.337 e. The molecule has 2 heterocycles. The number of halogens is 1. The van der Waals surface area contributed by atoms with Crippen LogP contribution >= 0.6 is 11.6 Å². The van der Waals surface area contributed by atoms with Crippen LogP contribution in [0.4, 0.5) is 5.69 Å². The van der Waals surface area contributed by atoms with Crippen molar-refractivity contribution in [2.24, 2.45) is 0 Å². The van der Waals surface area contributed by atoms with Crippen LogP contribution in [-0.4, -0.2) is 52.3 Å². The lowest BCUT2D eigenvalue weighted by molar-refractivity contribution is 0.0592. The highest BCUT2D eigenvalue weighted by Crippen LogP contribution is 2.32. The third-order valence-electron chi connectivity index (χ3n) is 6.19. The van der Waals surface area contributed by atoms with Crippen molar-refractivity contribution >= 4 is 51.4 Å². The summed E-state index contributed by atoms with van der Waals surface area (Å²) < 4.78 is 9.23. The molecule has 0 radical (unpaired) electrons. The van der Waals surface area contributed by atoms with Crippen LogP contribution in [0.25, 0.3) is 11.0 Å². The van der Waals surface area contributed by atoms with Crippen molar-refractivity contribution in [3.05, 3.63) is 88.5 Å². The van der Waals surface area contributed by atoms with E-state index >= 15 is 0 Å². The Hall–Kier alpha value is -4.77. The van der Waals surface area contributed by atoms with E-state index in [1.165, 1.54) is 44.8 Å². The molecule has 0 unspecified atom stereocenters. The van der Waals surface area contributed by atoms with Gasteiger partial charge in [-0.05, 0) is 72.0 Å². The molecule has 5 rings (SSSR count). The van der Waals surface area contributed by atoms with E-state index in [0.29, 0.717) is 33.4 Å². The molecule has 0 saturated carbocycles. The van der Waals surface area contributed by atoms with Crippen LogP contribution in [0.15, 0.2) is 55.0 Å². The molecule has 39 heavy (non-hydrogen) atoms. The number of fused-ring (bicyclic) bond motifs is 2. The average molecular weight is 550 g/mol. The number of hydrogen-bond acceptors (Lipinski definition) is 9. The summed E-state index contributed by atoms with van der Waals surface area (Å²) in [5.41, 5.74) is 10.9.